The molecule has 0 amide bonds. The van der Waals surface area contributed by atoms with Crippen molar-refractivity contribution in [3.8, 4) is 6.07 Å². The van der Waals surface area contributed by atoms with E-state index in [9.17, 15) is 5.26 Å². The van der Waals surface area contributed by atoms with E-state index in [0.717, 1.165) is 29.9 Å². The first-order chi connectivity index (χ1) is 10.1. The summed E-state index contributed by atoms with van der Waals surface area (Å²) in [4.78, 5) is 2.35. The van der Waals surface area contributed by atoms with Crippen LogP contribution in [0.1, 0.15) is 25.0 Å². The Hall–Kier alpha value is -2.47. The molecule has 0 aliphatic carbocycles. The Balaban J connectivity index is 1.97. The molecule has 106 valence electrons. The second kappa shape index (κ2) is 5.14. The molecule has 3 nitrogen and oxygen atoms in total. The molecule has 0 saturated heterocycles. The third-order valence-corrected chi connectivity index (χ3v) is 3.80. The largest absolute Gasteiger partial charge is 0.377 e. The van der Waals surface area contributed by atoms with Crippen LogP contribution in [-0.4, -0.2) is 12.1 Å². The van der Waals surface area contributed by atoms with Gasteiger partial charge in [0.25, 0.3) is 0 Å². The molecule has 0 radical (unpaired) electrons. The van der Waals surface area contributed by atoms with Gasteiger partial charge in [0.05, 0.1) is 23.0 Å². The van der Waals surface area contributed by atoms with Gasteiger partial charge in [0.2, 0.25) is 0 Å². The molecule has 0 fully saturated rings. The number of fused-ring (bicyclic) bond motifs is 1. The maximum Gasteiger partial charge on any atom is 0.0995 e. The van der Waals surface area contributed by atoms with Crippen LogP contribution in [0.4, 0.5) is 11.4 Å². The van der Waals surface area contributed by atoms with Crippen LogP contribution in [0.25, 0.3) is 0 Å². The molecule has 2 aromatic rings. The minimum atomic E-state index is 0.00986. The highest BCUT2D eigenvalue weighted by Gasteiger charge is 2.29. The average molecular weight is 277 g/mol. The summed E-state index contributed by atoms with van der Waals surface area (Å²) in [5.41, 5.74) is 4.20. The minimum absolute atomic E-state index is 0.00986. The maximum atomic E-state index is 9.26. The minimum Gasteiger partial charge on any atom is -0.377 e. The lowest BCUT2D eigenvalue weighted by Crippen LogP contribution is -2.48. The van der Waals surface area contributed by atoms with Crippen LogP contribution in [0.15, 0.2) is 48.5 Å². The lowest BCUT2D eigenvalue weighted by atomic mass is 9.98. The first-order valence-electron chi connectivity index (χ1n) is 7.19. The van der Waals surface area contributed by atoms with Gasteiger partial charge in [-0.15, -0.1) is 0 Å². The van der Waals surface area contributed by atoms with Gasteiger partial charge in [-0.2, -0.15) is 5.26 Å². The van der Waals surface area contributed by atoms with E-state index < -0.39 is 0 Å². The number of nitrogens with zero attached hydrogens (tertiary/aromatic N) is 2. The molecule has 0 atom stereocenters. The van der Waals surface area contributed by atoms with E-state index >= 15 is 0 Å². The van der Waals surface area contributed by atoms with E-state index in [4.69, 9.17) is 0 Å². The number of hydrogen-bond donors (Lipinski definition) is 1. The maximum absolute atomic E-state index is 9.26. The highest BCUT2D eigenvalue weighted by atomic mass is 15.2. The number of nitrogens with one attached hydrogen (secondary N) is 1. The standard InChI is InChI=1S/C18H19N3/c1-18(2)13-21(17-10-6-5-9-16(17)20-18)12-15-8-4-3-7-14(15)11-19/h3-10,20H,12-13H2,1-2H3. The Morgan fingerprint density at radius 1 is 1.14 bits per heavy atom. The Labute approximate surface area is 125 Å². The Kier molecular flexibility index (Phi) is 3.31. The van der Waals surface area contributed by atoms with Gasteiger partial charge in [-0.05, 0) is 37.6 Å². The topological polar surface area (TPSA) is 39.1 Å². The van der Waals surface area contributed by atoms with E-state index in [1.807, 2.05) is 24.3 Å². The third kappa shape index (κ3) is 2.71. The summed E-state index contributed by atoms with van der Waals surface area (Å²) in [6.07, 6.45) is 0. The Bertz CT molecular complexity index is 698. The molecule has 0 saturated carbocycles. The van der Waals surface area contributed by atoms with Gasteiger partial charge in [-0.3, -0.25) is 0 Å². The van der Waals surface area contributed by atoms with Gasteiger partial charge >= 0.3 is 0 Å². The lowest BCUT2D eigenvalue weighted by Gasteiger charge is -2.42. The van der Waals surface area contributed by atoms with Crippen LogP contribution in [0.2, 0.25) is 0 Å². The molecule has 1 heterocycles. The molecule has 2 aromatic carbocycles. The van der Waals surface area contributed by atoms with Gasteiger partial charge in [0.1, 0.15) is 0 Å². The molecule has 3 rings (SSSR count). The van der Waals surface area contributed by atoms with E-state index in [-0.39, 0.29) is 5.54 Å². The predicted molar refractivity (Wildman–Crippen MR) is 86.4 cm³/mol. The van der Waals surface area contributed by atoms with Crippen molar-refractivity contribution >= 4 is 11.4 Å². The van der Waals surface area contributed by atoms with Gasteiger partial charge in [0.15, 0.2) is 0 Å². The van der Waals surface area contributed by atoms with Gasteiger partial charge in [-0.1, -0.05) is 30.3 Å². The SMILES string of the molecule is CC1(C)CN(Cc2ccccc2C#N)c2ccccc2N1. The van der Waals surface area contributed by atoms with Crippen molar-refractivity contribution in [2.24, 2.45) is 0 Å². The monoisotopic (exact) mass is 277 g/mol. The Morgan fingerprint density at radius 2 is 1.86 bits per heavy atom. The smallest absolute Gasteiger partial charge is 0.0995 e. The molecule has 0 bridgehead atoms. The van der Waals surface area contributed by atoms with Crippen molar-refractivity contribution in [2.75, 3.05) is 16.8 Å². The summed E-state index contributed by atoms with van der Waals surface area (Å²) in [6, 6.07) is 18.5. The number of anilines is 2. The van der Waals surface area contributed by atoms with Crippen LogP contribution in [0.3, 0.4) is 0 Å². The van der Waals surface area contributed by atoms with E-state index in [1.165, 1.54) is 5.69 Å². The molecule has 0 spiro atoms. The van der Waals surface area contributed by atoms with E-state index in [1.54, 1.807) is 0 Å². The van der Waals surface area contributed by atoms with Crippen LogP contribution in [-0.2, 0) is 6.54 Å². The first-order valence-corrected chi connectivity index (χ1v) is 7.19. The Morgan fingerprint density at radius 3 is 2.67 bits per heavy atom. The van der Waals surface area contributed by atoms with Crippen molar-refractivity contribution in [1.29, 1.82) is 5.26 Å². The van der Waals surface area contributed by atoms with E-state index in [0.29, 0.717) is 0 Å². The zero-order valence-corrected chi connectivity index (χ0v) is 12.4. The fourth-order valence-corrected chi connectivity index (χ4v) is 2.94. The lowest BCUT2D eigenvalue weighted by molar-refractivity contribution is 0.530. The molecular weight excluding hydrogens is 258 g/mol. The number of hydrogen-bond acceptors (Lipinski definition) is 3. The molecule has 0 aromatic heterocycles. The second-order valence-electron chi connectivity index (χ2n) is 6.15. The quantitative estimate of drug-likeness (QED) is 0.908. The average Bonchev–Trinajstić information content (AvgIpc) is 2.46. The van der Waals surface area contributed by atoms with Gasteiger partial charge < -0.3 is 10.2 Å². The van der Waals surface area contributed by atoms with Crippen LogP contribution in [0.5, 0.6) is 0 Å². The number of para-hydroxylation sites is 2. The molecule has 1 aliphatic rings. The van der Waals surface area contributed by atoms with Crippen molar-refractivity contribution in [3.05, 3.63) is 59.7 Å². The van der Waals surface area contributed by atoms with Crippen molar-refractivity contribution in [1.82, 2.24) is 0 Å². The zero-order valence-electron chi connectivity index (χ0n) is 12.4. The fraction of sp³-hybridized carbons (Fsp3) is 0.278. The third-order valence-electron chi connectivity index (χ3n) is 3.80. The van der Waals surface area contributed by atoms with Crippen LogP contribution < -0.4 is 10.2 Å². The number of nitriles is 1. The van der Waals surface area contributed by atoms with Gasteiger partial charge in [0, 0.05) is 18.6 Å². The summed E-state index contributed by atoms with van der Waals surface area (Å²) in [6.45, 7) is 6.06. The second-order valence-corrected chi connectivity index (χ2v) is 6.15. The highest BCUT2D eigenvalue weighted by Crippen LogP contribution is 2.35. The molecule has 1 N–H and O–H groups in total. The summed E-state index contributed by atoms with van der Waals surface area (Å²) < 4.78 is 0. The summed E-state index contributed by atoms with van der Waals surface area (Å²) in [7, 11) is 0. The summed E-state index contributed by atoms with van der Waals surface area (Å²) in [5.74, 6) is 0. The van der Waals surface area contributed by atoms with Crippen molar-refractivity contribution in [2.45, 2.75) is 25.9 Å². The highest BCUT2D eigenvalue weighted by molar-refractivity contribution is 5.73. The predicted octanol–water partition coefficient (Wildman–Crippen LogP) is 3.77. The molecule has 1 aliphatic heterocycles. The molecule has 3 heteroatoms. The zero-order chi connectivity index (χ0) is 14.9. The molecule has 0 unspecified atom stereocenters. The van der Waals surface area contributed by atoms with Crippen LogP contribution in [0, 0.1) is 11.3 Å². The molecule has 21 heavy (non-hydrogen) atoms. The number of benzene rings is 2. The van der Waals surface area contributed by atoms with Gasteiger partial charge in [-0.25, -0.2) is 0 Å². The van der Waals surface area contributed by atoms with Crippen molar-refractivity contribution in [3.63, 3.8) is 0 Å². The summed E-state index contributed by atoms with van der Waals surface area (Å²) in [5, 5.41) is 12.8. The van der Waals surface area contributed by atoms with Crippen molar-refractivity contribution < 1.29 is 0 Å². The first kappa shape index (κ1) is 13.5. The fourth-order valence-electron chi connectivity index (χ4n) is 2.94. The van der Waals surface area contributed by atoms with Crippen LogP contribution >= 0.6 is 0 Å². The number of rotatable bonds is 2. The van der Waals surface area contributed by atoms with E-state index in [2.05, 4.69) is 54.4 Å². The summed E-state index contributed by atoms with van der Waals surface area (Å²) >= 11 is 0. The molecular formula is C18H19N3. The normalized spacial score (nSPS) is 15.8.